The van der Waals surface area contributed by atoms with Gasteiger partial charge in [-0.05, 0) is 24.6 Å². The molecule has 1 atom stereocenters. The van der Waals surface area contributed by atoms with Crippen LogP contribution in [0.2, 0.25) is 0 Å². The van der Waals surface area contributed by atoms with E-state index >= 15 is 0 Å². The molecular formula is C13H16N2O. The number of rotatable bonds is 4. The summed E-state index contributed by atoms with van der Waals surface area (Å²) in [5.74, 6) is 0. The molecule has 0 spiro atoms. The molecule has 3 heteroatoms. The highest BCUT2D eigenvalue weighted by Gasteiger charge is 2.03. The van der Waals surface area contributed by atoms with Gasteiger partial charge >= 0.3 is 0 Å². The van der Waals surface area contributed by atoms with Crippen LogP contribution in [0.5, 0.6) is 0 Å². The normalized spacial score (nSPS) is 12.9. The largest absolute Gasteiger partial charge is 0.395 e. The van der Waals surface area contributed by atoms with E-state index in [1.165, 1.54) is 10.9 Å². The molecule has 0 fully saturated rings. The van der Waals surface area contributed by atoms with Gasteiger partial charge in [-0.1, -0.05) is 18.2 Å². The van der Waals surface area contributed by atoms with E-state index in [4.69, 9.17) is 5.11 Å². The lowest BCUT2D eigenvalue weighted by Crippen LogP contribution is -2.28. The molecule has 0 radical (unpaired) electrons. The van der Waals surface area contributed by atoms with Crippen molar-refractivity contribution in [3.63, 3.8) is 0 Å². The van der Waals surface area contributed by atoms with Crippen LogP contribution < -0.4 is 5.32 Å². The van der Waals surface area contributed by atoms with Gasteiger partial charge in [0.05, 0.1) is 12.1 Å². The highest BCUT2D eigenvalue weighted by molar-refractivity contribution is 5.81. The predicted molar refractivity (Wildman–Crippen MR) is 65.1 cm³/mol. The Labute approximate surface area is 95.1 Å². The van der Waals surface area contributed by atoms with Gasteiger partial charge < -0.3 is 10.4 Å². The minimum Gasteiger partial charge on any atom is -0.395 e. The molecule has 0 aliphatic rings. The SMILES string of the molecule is C[C@H](CO)NCc1ccnc2ccccc12. The molecule has 3 nitrogen and oxygen atoms in total. The summed E-state index contributed by atoms with van der Waals surface area (Å²) in [5.41, 5.74) is 2.23. The average molecular weight is 216 g/mol. The van der Waals surface area contributed by atoms with E-state index in [9.17, 15) is 0 Å². The van der Waals surface area contributed by atoms with E-state index in [1.807, 2.05) is 37.4 Å². The topological polar surface area (TPSA) is 45.1 Å². The fraction of sp³-hybridized carbons (Fsp3) is 0.308. The number of pyridine rings is 1. The second-order valence-electron chi connectivity index (χ2n) is 3.95. The summed E-state index contributed by atoms with van der Waals surface area (Å²) in [6, 6.07) is 10.2. The Balaban J connectivity index is 2.23. The van der Waals surface area contributed by atoms with Crippen LogP contribution in [-0.4, -0.2) is 22.7 Å². The van der Waals surface area contributed by atoms with Crippen molar-refractivity contribution < 1.29 is 5.11 Å². The molecule has 0 amide bonds. The van der Waals surface area contributed by atoms with Crippen molar-refractivity contribution in [2.75, 3.05) is 6.61 Å². The molecular weight excluding hydrogens is 200 g/mol. The molecule has 0 aliphatic heterocycles. The molecule has 0 saturated carbocycles. The number of aromatic nitrogens is 1. The van der Waals surface area contributed by atoms with Crippen molar-refractivity contribution in [2.45, 2.75) is 19.5 Å². The minimum absolute atomic E-state index is 0.118. The van der Waals surface area contributed by atoms with Gasteiger partial charge in [-0.2, -0.15) is 0 Å². The summed E-state index contributed by atoms with van der Waals surface area (Å²) in [6.45, 7) is 2.87. The molecule has 0 saturated heterocycles. The number of fused-ring (bicyclic) bond motifs is 1. The van der Waals surface area contributed by atoms with Gasteiger partial charge in [0.25, 0.3) is 0 Å². The standard InChI is InChI=1S/C13H16N2O/c1-10(9-16)15-8-11-6-7-14-13-5-3-2-4-12(11)13/h2-7,10,15-16H,8-9H2,1H3/t10-/m1/s1. The molecule has 84 valence electrons. The fourth-order valence-electron chi connectivity index (χ4n) is 1.66. The number of nitrogens with zero attached hydrogens (tertiary/aromatic N) is 1. The number of aliphatic hydroxyl groups is 1. The quantitative estimate of drug-likeness (QED) is 0.817. The van der Waals surface area contributed by atoms with Gasteiger partial charge in [-0.3, -0.25) is 4.98 Å². The Morgan fingerprint density at radius 2 is 2.12 bits per heavy atom. The number of para-hydroxylation sites is 1. The van der Waals surface area contributed by atoms with E-state index in [0.29, 0.717) is 0 Å². The van der Waals surface area contributed by atoms with Crippen molar-refractivity contribution in [3.05, 3.63) is 42.1 Å². The van der Waals surface area contributed by atoms with E-state index in [2.05, 4.69) is 16.4 Å². The highest BCUT2D eigenvalue weighted by atomic mass is 16.3. The predicted octanol–water partition coefficient (Wildman–Crippen LogP) is 1.71. The van der Waals surface area contributed by atoms with Gasteiger partial charge in [0, 0.05) is 24.2 Å². The lowest BCUT2D eigenvalue weighted by Gasteiger charge is -2.11. The van der Waals surface area contributed by atoms with Gasteiger partial charge in [-0.15, -0.1) is 0 Å². The first kappa shape index (κ1) is 11.0. The second-order valence-corrected chi connectivity index (χ2v) is 3.95. The first-order chi connectivity index (χ1) is 7.81. The lowest BCUT2D eigenvalue weighted by atomic mass is 10.1. The van der Waals surface area contributed by atoms with E-state index in [-0.39, 0.29) is 12.6 Å². The van der Waals surface area contributed by atoms with Gasteiger partial charge in [0.15, 0.2) is 0 Å². The Morgan fingerprint density at radius 3 is 2.94 bits per heavy atom. The molecule has 1 aromatic heterocycles. The van der Waals surface area contributed by atoms with Crippen LogP contribution in [0.4, 0.5) is 0 Å². The summed E-state index contributed by atoms with van der Waals surface area (Å²) in [6.07, 6.45) is 1.82. The van der Waals surface area contributed by atoms with Crippen LogP contribution in [0.25, 0.3) is 10.9 Å². The van der Waals surface area contributed by atoms with Crippen molar-refractivity contribution in [2.24, 2.45) is 0 Å². The van der Waals surface area contributed by atoms with Crippen LogP contribution in [0.3, 0.4) is 0 Å². The monoisotopic (exact) mass is 216 g/mol. The Hall–Kier alpha value is -1.45. The molecule has 16 heavy (non-hydrogen) atoms. The van der Waals surface area contributed by atoms with Crippen molar-refractivity contribution in [1.82, 2.24) is 10.3 Å². The zero-order valence-corrected chi connectivity index (χ0v) is 9.35. The lowest BCUT2D eigenvalue weighted by molar-refractivity contribution is 0.251. The zero-order chi connectivity index (χ0) is 11.4. The number of hydrogen-bond acceptors (Lipinski definition) is 3. The summed E-state index contributed by atoms with van der Waals surface area (Å²) in [5, 5.41) is 13.4. The van der Waals surface area contributed by atoms with Gasteiger partial charge in [-0.25, -0.2) is 0 Å². The van der Waals surface area contributed by atoms with Crippen LogP contribution >= 0.6 is 0 Å². The van der Waals surface area contributed by atoms with Crippen molar-refractivity contribution in [3.8, 4) is 0 Å². The summed E-state index contributed by atoms with van der Waals surface area (Å²) in [7, 11) is 0. The first-order valence-corrected chi connectivity index (χ1v) is 5.48. The number of benzene rings is 1. The Morgan fingerprint density at radius 1 is 1.31 bits per heavy atom. The maximum absolute atomic E-state index is 8.95. The highest BCUT2D eigenvalue weighted by Crippen LogP contribution is 2.15. The van der Waals surface area contributed by atoms with Crippen molar-refractivity contribution in [1.29, 1.82) is 0 Å². The fourth-order valence-corrected chi connectivity index (χ4v) is 1.66. The van der Waals surface area contributed by atoms with Crippen LogP contribution in [-0.2, 0) is 6.54 Å². The molecule has 2 aromatic rings. The number of nitrogens with one attached hydrogen (secondary N) is 1. The van der Waals surface area contributed by atoms with E-state index < -0.39 is 0 Å². The zero-order valence-electron chi connectivity index (χ0n) is 9.35. The molecule has 1 aromatic carbocycles. The molecule has 2 rings (SSSR count). The molecule has 0 aliphatic carbocycles. The maximum Gasteiger partial charge on any atom is 0.0705 e. The van der Waals surface area contributed by atoms with Crippen LogP contribution in [0.1, 0.15) is 12.5 Å². The Kier molecular flexibility index (Phi) is 3.49. The molecule has 2 N–H and O–H groups in total. The Bertz CT molecular complexity index is 465. The molecule has 0 unspecified atom stereocenters. The number of aliphatic hydroxyl groups excluding tert-OH is 1. The molecule has 0 bridgehead atoms. The summed E-state index contributed by atoms with van der Waals surface area (Å²) < 4.78 is 0. The first-order valence-electron chi connectivity index (χ1n) is 5.48. The van der Waals surface area contributed by atoms with Gasteiger partial charge in [0.1, 0.15) is 0 Å². The third-order valence-corrected chi connectivity index (χ3v) is 2.65. The molecule has 1 heterocycles. The smallest absolute Gasteiger partial charge is 0.0705 e. The third kappa shape index (κ3) is 2.38. The minimum atomic E-state index is 0.118. The van der Waals surface area contributed by atoms with Crippen LogP contribution in [0.15, 0.2) is 36.5 Å². The van der Waals surface area contributed by atoms with Crippen molar-refractivity contribution >= 4 is 10.9 Å². The van der Waals surface area contributed by atoms with Crippen LogP contribution in [0, 0.1) is 0 Å². The van der Waals surface area contributed by atoms with Gasteiger partial charge in [0.2, 0.25) is 0 Å². The summed E-state index contributed by atoms with van der Waals surface area (Å²) in [4.78, 5) is 4.31. The van der Waals surface area contributed by atoms with E-state index in [0.717, 1.165) is 12.1 Å². The third-order valence-electron chi connectivity index (χ3n) is 2.65. The maximum atomic E-state index is 8.95. The average Bonchev–Trinajstić information content (AvgIpc) is 2.35. The second kappa shape index (κ2) is 5.05. The van der Waals surface area contributed by atoms with E-state index in [1.54, 1.807) is 0 Å². The number of hydrogen-bond donors (Lipinski definition) is 2. The summed E-state index contributed by atoms with van der Waals surface area (Å²) >= 11 is 0.